The average molecular weight is 252 g/mol. The average Bonchev–Trinajstić information content (AvgIpc) is 2.47. The number of primary amides is 1. The third kappa shape index (κ3) is 2.37. The van der Waals surface area contributed by atoms with Crippen molar-refractivity contribution in [1.82, 2.24) is 5.32 Å². The lowest BCUT2D eigenvalue weighted by Crippen LogP contribution is -2.23. The van der Waals surface area contributed by atoms with E-state index in [1.807, 2.05) is 12.1 Å². The number of benzene rings is 2. The van der Waals surface area contributed by atoms with Crippen LogP contribution in [0.4, 0.5) is 0 Å². The summed E-state index contributed by atoms with van der Waals surface area (Å²) in [4.78, 5) is 11.1. The number of hydrogen-bond donors (Lipinski definition) is 2. The van der Waals surface area contributed by atoms with Gasteiger partial charge in [-0.15, -0.1) is 0 Å². The Balaban J connectivity index is 1.95. The van der Waals surface area contributed by atoms with Crippen molar-refractivity contribution in [2.45, 2.75) is 13.0 Å². The number of hydrogen-bond acceptors (Lipinski definition) is 2. The zero-order valence-electron chi connectivity index (χ0n) is 10.6. The van der Waals surface area contributed by atoms with Gasteiger partial charge in [-0.05, 0) is 47.4 Å². The maximum absolute atomic E-state index is 11.1. The Kier molecular flexibility index (Phi) is 3.05. The summed E-state index contributed by atoms with van der Waals surface area (Å²) in [7, 11) is 0. The van der Waals surface area contributed by atoms with Crippen molar-refractivity contribution >= 4 is 5.91 Å². The first kappa shape index (κ1) is 11.9. The number of carbonyl (C=O) groups excluding carboxylic acids is 1. The molecule has 0 saturated heterocycles. The molecule has 2 aromatic carbocycles. The van der Waals surface area contributed by atoms with E-state index in [9.17, 15) is 4.79 Å². The molecule has 3 heteroatoms. The smallest absolute Gasteiger partial charge is 0.248 e. The Hall–Kier alpha value is -2.13. The van der Waals surface area contributed by atoms with E-state index in [4.69, 9.17) is 5.73 Å². The summed E-state index contributed by atoms with van der Waals surface area (Å²) in [5.74, 6) is -0.386. The molecule has 0 atom stereocenters. The van der Waals surface area contributed by atoms with E-state index >= 15 is 0 Å². The molecule has 96 valence electrons. The number of amides is 1. The molecule has 3 nitrogen and oxygen atoms in total. The van der Waals surface area contributed by atoms with Crippen LogP contribution in [-0.2, 0) is 13.0 Å². The van der Waals surface area contributed by atoms with Crippen molar-refractivity contribution in [1.29, 1.82) is 0 Å². The second kappa shape index (κ2) is 4.86. The van der Waals surface area contributed by atoms with Gasteiger partial charge in [-0.3, -0.25) is 4.79 Å². The number of nitrogens with two attached hydrogens (primary N) is 1. The molecule has 0 spiro atoms. The number of carbonyl (C=O) groups is 1. The monoisotopic (exact) mass is 252 g/mol. The second-order valence-corrected chi connectivity index (χ2v) is 4.85. The van der Waals surface area contributed by atoms with E-state index in [0.717, 1.165) is 25.1 Å². The molecule has 1 aliphatic rings. The fourth-order valence-electron chi connectivity index (χ4n) is 2.48. The van der Waals surface area contributed by atoms with Gasteiger partial charge in [0.25, 0.3) is 0 Å². The van der Waals surface area contributed by atoms with Gasteiger partial charge in [-0.25, -0.2) is 0 Å². The van der Waals surface area contributed by atoms with Crippen LogP contribution < -0.4 is 11.1 Å². The van der Waals surface area contributed by atoms with E-state index in [1.54, 1.807) is 12.1 Å². The van der Waals surface area contributed by atoms with Crippen molar-refractivity contribution in [2.75, 3.05) is 6.54 Å². The second-order valence-electron chi connectivity index (χ2n) is 4.85. The highest BCUT2D eigenvalue weighted by Gasteiger charge is 2.09. The molecule has 0 fully saturated rings. The van der Waals surface area contributed by atoms with Gasteiger partial charge in [-0.2, -0.15) is 0 Å². The zero-order valence-corrected chi connectivity index (χ0v) is 10.6. The molecule has 2 aromatic rings. The summed E-state index contributed by atoms with van der Waals surface area (Å²) in [6.45, 7) is 1.99. The van der Waals surface area contributed by atoms with Gasteiger partial charge < -0.3 is 11.1 Å². The van der Waals surface area contributed by atoms with Gasteiger partial charge in [0.1, 0.15) is 0 Å². The van der Waals surface area contributed by atoms with E-state index in [2.05, 4.69) is 23.5 Å². The minimum Gasteiger partial charge on any atom is -0.366 e. The van der Waals surface area contributed by atoms with E-state index in [-0.39, 0.29) is 5.91 Å². The molecule has 1 heterocycles. The van der Waals surface area contributed by atoms with Crippen molar-refractivity contribution < 1.29 is 4.79 Å². The molecular weight excluding hydrogens is 236 g/mol. The van der Waals surface area contributed by atoms with Crippen LogP contribution in [0.5, 0.6) is 0 Å². The van der Waals surface area contributed by atoms with Gasteiger partial charge in [0.15, 0.2) is 0 Å². The van der Waals surface area contributed by atoms with Crippen LogP contribution in [0.3, 0.4) is 0 Å². The van der Waals surface area contributed by atoms with Crippen molar-refractivity contribution in [3.8, 4) is 11.1 Å². The zero-order chi connectivity index (χ0) is 13.2. The molecule has 0 unspecified atom stereocenters. The number of nitrogens with one attached hydrogen (secondary N) is 1. The predicted molar refractivity (Wildman–Crippen MR) is 75.8 cm³/mol. The number of rotatable bonds is 2. The summed E-state index contributed by atoms with van der Waals surface area (Å²) in [5.41, 5.74) is 10.9. The fraction of sp³-hybridized carbons (Fsp3) is 0.188. The Bertz CT molecular complexity index is 617. The quantitative estimate of drug-likeness (QED) is 0.860. The first-order valence-electron chi connectivity index (χ1n) is 6.47. The van der Waals surface area contributed by atoms with Gasteiger partial charge in [0.05, 0.1) is 0 Å². The minimum absolute atomic E-state index is 0.386. The van der Waals surface area contributed by atoms with Crippen molar-refractivity contribution in [3.05, 3.63) is 59.2 Å². The van der Waals surface area contributed by atoms with Crippen LogP contribution in [-0.4, -0.2) is 12.5 Å². The Labute approximate surface area is 112 Å². The first-order valence-corrected chi connectivity index (χ1v) is 6.47. The van der Waals surface area contributed by atoms with Crippen LogP contribution in [0.1, 0.15) is 21.5 Å². The van der Waals surface area contributed by atoms with Crippen LogP contribution in [0.2, 0.25) is 0 Å². The highest BCUT2D eigenvalue weighted by molar-refractivity contribution is 5.93. The van der Waals surface area contributed by atoms with Crippen LogP contribution in [0.25, 0.3) is 11.1 Å². The predicted octanol–water partition coefficient (Wildman–Crippen LogP) is 2.10. The molecule has 19 heavy (non-hydrogen) atoms. The van der Waals surface area contributed by atoms with Crippen molar-refractivity contribution in [2.24, 2.45) is 5.73 Å². The fourth-order valence-corrected chi connectivity index (χ4v) is 2.48. The van der Waals surface area contributed by atoms with Gasteiger partial charge in [-0.1, -0.05) is 30.3 Å². The molecule has 0 saturated carbocycles. The topological polar surface area (TPSA) is 55.1 Å². The van der Waals surface area contributed by atoms with Crippen LogP contribution in [0.15, 0.2) is 42.5 Å². The SMILES string of the molecule is NC(=O)c1ccc(-c2ccc3c(c2)CCNC3)cc1. The molecule has 0 aromatic heterocycles. The van der Waals surface area contributed by atoms with Gasteiger partial charge in [0.2, 0.25) is 5.91 Å². The molecule has 1 aliphatic heterocycles. The van der Waals surface area contributed by atoms with Crippen LogP contribution >= 0.6 is 0 Å². The molecule has 0 radical (unpaired) electrons. The lowest BCUT2D eigenvalue weighted by molar-refractivity contribution is 0.100. The maximum Gasteiger partial charge on any atom is 0.248 e. The van der Waals surface area contributed by atoms with E-state index < -0.39 is 0 Å². The summed E-state index contributed by atoms with van der Waals surface area (Å²) in [6.07, 6.45) is 1.07. The molecule has 3 rings (SSSR count). The largest absolute Gasteiger partial charge is 0.366 e. The third-order valence-corrected chi connectivity index (χ3v) is 3.60. The summed E-state index contributed by atoms with van der Waals surface area (Å²) in [5, 5.41) is 3.37. The van der Waals surface area contributed by atoms with Crippen LogP contribution in [0, 0.1) is 0 Å². The normalized spacial score (nSPS) is 13.9. The summed E-state index contributed by atoms with van der Waals surface area (Å²) in [6, 6.07) is 14.0. The molecule has 0 bridgehead atoms. The third-order valence-electron chi connectivity index (χ3n) is 3.60. The standard InChI is InChI=1S/C16H16N2O/c17-16(19)12-3-1-11(2-4-12)13-5-6-15-10-18-8-7-14(15)9-13/h1-6,9,18H,7-8,10H2,(H2,17,19). The molecule has 0 aliphatic carbocycles. The van der Waals surface area contributed by atoms with Gasteiger partial charge >= 0.3 is 0 Å². The first-order chi connectivity index (χ1) is 9.24. The molecule has 3 N–H and O–H groups in total. The lowest BCUT2D eigenvalue weighted by Gasteiger charge is -2.18. The number of fused-ring (bicyclic) bond motifs is 1. The summed E-state index contributed by atoms with van der Waals surface area (Å²) < 4.78 is 0. The molecule has 1 amide bonds. The Morgan fingerprint density at radius 3 is 2.47 bits per heavy atom. The van der Waals surface area contributed by atoms with Gasteiger partial charge in [0, 0.05) is 12.1 Å². The lowest BCUT2D eigenvalue weighted by atomic mass is 9.95. The maximum atomic E-state index is 11.1. The van der Waals surface area contributed by atoms with E-state index in [0.29, 0.717) is 5.56 Å². The highest BCUT2D eigenvalue weighted by Crippen LogP contribution is 2.24. The summed E-state index contributed by atoms with van der Waals surface area (Å²) >= 11 is 0. The minimum atomic E-state index is -0.386. The Morgan fingerprint density at radius 2 is 1.74 bits per heavy atom. The Morgan fingerprint density at radius 1 is 1.00 bits per heavy atom. The van der Waals surface area contributed by atoms with Crippen molar-refractivity contribution in [3.63, 3.8) is 0 Å². The highest BCUT2D eigenvalue weighted by atomic mass is 16.1. The van der Waals surface area contributed by atoms with E-state index in [1.165, 1.54) is 16.7 Å². The molecular formula is C16H16N2O.